The highest BCUT2D eigenvalue weighted by Crippen LogP contribution is 2.21. The van der Waals surface area contributed by atoms with Gasteiger partial charge in [0, 0.05) is 13.2 Å². The van der Waals surface area contributed by atoms with Crippen molar-refractivity contribution >= 4 is 11.6 Å². The highest BCUT2D eigenvalue weighted by molar-refractivity contribution is 6.06. The van der Waals surface area contributed by atoms with Gasteiger partial charge >= 0.3 is 0 Å². The maximum absolute atomic E-state index is 13.5. The second-order valence-corrected chi connectivity index (χ2v) is 3.69. The molecule has 0 saturated heterocycles. The second kappa shape index (κ2) is 4.83. The van der Waals surface area contributed by atoms with Crippen LogP contribution in [-0.4, -0.2) is 23.0 Å². The maximum atomic E-state index is 13.5. The van der Waals surface area contributed by atoms with E-state index in [9.17, 15) is 14.3 Å². The van der Waals surface area contributed by atoms with Crippen molar-refractivity contribution in [3.8, 4) is 5.75 Å². The first-order valence-corrected chi connectivity index (χ1v) is 5.28. The van der Waals surface area contributed by atoms with Gasteiger partial charge in [0.25, 0.3) is 5.91 Å². The van der Waals surface area contributed by atoms with E-state index < -0.39 is 11.7 Å². The van der Waals surface area contributed by atoms with Crippen molar-refractivity contribution in [1.29, 1.82) is 0 Å². The van der Waals surface area contributed by atoms with E-state index in [0.29, 0.717) is 0 Å². The first-order chi connectivity index (χ1) is 8.61. The summed E-state index contributed by atoms with van der Waals surface area (Å²) < 4.78 is 13.5. The van der Waals surface area contributed by atoms with E-state index in [4.69, 9.17) is 0 Å². The van der Waals surface area contributed by atoms with Crippen molar-refractivity contribution in [2.45, 2.75) is 0 Å². The van der Waals surface area contributed by atoms with Crippen LogP contribution in [0.2, 0.25) is 0 Å². The summed E-state index contributed by atoms with van der Waals surface area (Å²) >= 11 is 0. The van der Waals surface area contributed by atoms with Crippen molar-refractivity contribution in [3.63, 3.8) is 0 Å². The van der Waals surface area contributed by atoms with E-state index in [1.807, 2.05) is 0 Å². The minimum atomic E-state index is -0.571. The number of aromatic nitrogens is 1. The number of carbonyl (C=O) groups is 1. The van der Waals surface area contributed by atoms with Crippen molar-refractivity contribution in [1.82, 2.24) is 4.98 Å². The Morgan fingerprint density at radius 2 is 2.00 bits per heavy atom. The van der Waals surface area contributed by atoms with Gasteiger partial charge in [-0.1, -0.05) is 12.1 Å². The number of hydrogen-bond acceptors (Lipinski definition) is 3. The molecule has 0 aliphatic heterocycles. The van der Waals surface area contributed by atoms with Gasteiger partial charge in [-0.2, -0.15) is 0 Å². The third-order valence-electron chi connectivity index (χ3n) is 2.51. The zero-order chi connectivity index (χ0) is 13.1. The zero-order valence-electron chi connectivity index (χ0n) is 9.67. The first-order valence-electron chi connectivity index (χ1n) is 5.28. The smallest absolute Gasteiger partial charge is 0.280 e. The zero-order valence-corrected chi connectivity index (χ0v) is 9.67. The van der Waals surface area contributed by atoms with Crippen LogP contribution in [0.5, 0.6) is 5.75 Å². The minimum Gasteiger partial charge on any atom is -0.505 e. The molecule has 1 N–H and O–H groups in total. The highest BCUT2D eigenvalue weighted by atomic mass is 19.1. The topological polar surface area (TPSA) is 53.4 Å². The fourth-order valence-electron chi connectivity index (χ4n) is 1.55. The molecule has 0 unspecified atom stereocenters. The molecule has 1 aromatic heterocycles. The summed E-state index contributed by atoms with van der Waals surface area (Å²) in [5.74, 6) is -1.31. The van der Waals surface area contributed by atoms with Gasteiger partial charge in [0.05, 0.1) is 5.69 Å². The molecule has 5 heteroatoms. The van der Waals surface area contributed by atoms with Crippen LogP contribution in [0.25, 0.3) is 0 Å². The average Bonchev–Trinajstić information content (AvgIpc) is 2.38. The second-order valence-electron chi connectivity index (χ2n) is 3.69. The molecule has 0 bridgehead atoms. The van der Waals surface area contributed by atoms with Gasteiger partial charge in [0.1, 0.15) is 11.6 Å². The van der Waals surface area contributed by atoms with E-state index in [1.165, 1.54) is 43.6 Å². The van der Waals surface area contributed by atoms with Crippen LogP contribution in [0.1, 0.15) is 10.5 Å². The molecule has 0 atom stereocenters. The molecule has 1 amide bonds. The maximum Gasteiger partial charge on any atom is 0.280 e. The number of pyridine rings is 1. The van der Waals surface area contributed by atoms with Gasteiger partial charge in [-0.3, -0.25) is 4.79 Å². The molecule has 4 nitrogen and oxygen atoms in total. The van der Waals surface area contributed by atoms with Gasteiger partial charge in [-0.15, -0.1) is 0 Å². The highest BCUT2D eigenvalue weighted by Gasteiger charge is 2.20. The number of rotatable bonds is 2. The predicted octanol–water partition coefficient (Wildman–Crippen LogP) is 2.20. The van der Waals surface area contributed by atoms with E-state index in [1.54, 1.807) is 6.07 Å². The molecular formula is C13H11FN2O2. The average molecular weight is 246 g/mol. The quantitative estimate of drug-likeness (QED) is 0.883. The standard InChI is InChI=1S/C13H11FN2O2/c1-16(10-6-3-2-5-9(10)14)13(18)12-11(17)7-4-8-15-12/h2-8,17H,1H3. The summed E-state index contributed by atoms with van der Waals surface area (Å²) in [4.78, 5) is 17.0. The molecule has 92 valence electrons. The molecular weight excluding hydrogens is 235 g/mol. The van der Waals surface area contributed by atoms with E-state index in [0.717, 1.165) is 4.90 Å². The van der Waals surface area contributed by atoms with Gasteiger partial charge < -0.3 is 10.0 Å². The SMILES string of the molecule is CN(C(=O)c1ncccc1O)c1ccccc1F. The van der Waals surface area contributed by atoms with Crippen LogP contribution < -0.4 is 4.90 Å². The molecule has 0 radical (unpaired) electrons. The number of halogens is 1. The van der Waals surface area contributed by atoms with Crippen LogP contribution in [0.15, 0.2) is 42.6 Å². The lowest BCUT2D eigenvalue weighted by molar-refractivity contribution is 0.0984. The first kappa shape index (κ1) is 12.0. The third-order valence-corrected chi connectivity index (χ3v) is 2.51. The fraction of sp³-hybridized carbons (Fsp3) is 0.0769. The summed E-state index contributed by atoms with van der Waals surface area (Å²) in [5.41, 5.74) is 0.0239. The lowest BCUT2D eigenvalue weighted by atomic mass is 10.2. The Kier molecular flexibility index (Phi) is 3.23. The number of hydrogen-bond donors (Lipinski definition) is 1. The Labute approximate surface area is 103 Å². The molecule has 0 fully saturated rings. The monoisotopic (exact) mass is 246 g/mol. The Balaban J connectivity index is 2.36. The van der Waals surface area contributed by atoms with Crippen molar-refractivity contribution in [2.75, 3.05) is 11.9 Å². The largest absolute Gasteiger partial charge is 0.505 e. The van der Waals surface area contributed by atoms with Crippen molar-refractivity contribution in [2.24, 2.45) is 0 Å². The summed E-state index contributed by atoms with van der Waals surface area (Å²) in [6.45, 7) is 0. The number of nitrogens with zero attached hydrogens (tertiary/aromatic N) is 2. The van der Waals surface area contributed by atoms with Crippen LogP contribution >= 0.6 is 0 Å². The molecule has 0 spiro atoms. The number of amides is 1. The number of carbonyl (C=O) groups excluding carboxylic acids is 1. The van der Waals surface area contributed by atoms with E-state index in [-0.39, 0.29) is 17.1 Å². The summed E-state index contributed by atoms with van der Waals surface area (Å²) in [6, 6.07) is 8.77. The van der Waals surface area contributed by atoms with Crippen LogP contribution in [0, 0.1) is 5.82 Å². The lowest BCUT2D eigenvalue weighted by Crippen LogP contribution is -2.27. The molecule has 0 aliphatic carbocycles. The molecule has 0 aliphatic rings. The normalized spacial score (nSPS) is 10.1. The Morgan fingerprint density at radius 3 is 2.67 bits per heavy atom. The molecule has 18 heavy (non-hydrogen) atoms. The Hall–Kier alpha value is -2.43. The number of benzene rings is 1. The fourth-order valence-corrected chi connectivity index (χ4v) is 1.55. The Morgan fingerprint density at radius 1 is 1.28 bits per heavy atom. The molecule has 1 aromatic carbocycles. The van der Waals surface area contributed by atoms with Crippen molar-refractivity contribution in [3.05, 3.63) is 54.1 Å². The van der Waals surface area contributed by atoms with Crippen LogP contribution in [0.4, 0.5) is 10.1 Å². The van der Waals surface area contributed by atoms with Crippen LogP contribution in [0.3, 0.4) is 0 Å². The molecule has 2 rings (SSSR count). The number of anilines is 1. The lowest BCUT2D eigenvalue weighted by Gasteiger charge is -2.17. The van der Waals surface area contributed by atoms with Gasteiger partial charge in [-0.05, 0) is 24.3 Å². The van der Waals surface area contributed by atoms with Gasteiger partial charge in [0.2, 0.25) is 0 Å². The molecule has 1 heterocycles. The van der Waals surface area contributed by atoms with E-state index >= 15 is 0 Å². The molecule has 2 aromatic rings. The summed E-state index contributed by atoms with van der Waals surface area (Å²) in [5, 5.41) is 9.54. The number of para-hydroxylation sites is 1. The van der Waals surface area contributed by atoms with E-state index in [2.05, 4.69) is 4.98 Å². The summed E-state index contributed by atoms with van der Waals surface area (Å²) in [7, 11) is 1.43. The Bertz CT molecular complexity index is 587. The predicted molar refractivity (Wildman–Crippen MR) is 65.0 cm³/mol. The van der Waals surface area contributed by atoms with Crippen molar-refractivity contribution < 1.29 is 14.3 Å². The minimum absolute atomic E-state index is 0.108. The van der Waals surface area contributed by atoms with Gasteiger partial charge in [0.15, 0.2) is 5.69 Å². The third kappa shape index (κ3) is 2.15. The summed E-state index contributed by atoms with van der Waals surface area (Å²) in [6.07, 6.45) is 1.39. The molecule has 0 saturated carbocycles. The van der Waals surface area contributed by atoms with Gasteiger partial charge in [-0.25, -0.2) is 9.37 Å². The van der Waals surface area contributed by atoms with Crippen LogP contribution in [-0.2, 0) is 0 Å². The number of aromatic hydroxyl groups is 1.